The van der Waals surface area contributed by atoms with Crippen LogP contribution in [-0.2, 0) is 6.42 Å². The molecule has 0 unspecified atom stereocenters. The molecule has 0 aliphatic rings. The Kier molecular flexibility index (Phi) is 3.99. The maximum atomic E-state index is 5.59. The van der Waals surface area contributed by atoms with Gasteiger partial charge in [-0.25, -0.2) is 4.98 Å². The predicted octanol–water partition coefficient (Wildman–Crippen LogP) is 3.31. The number of anilines is 2. The first-order chi connectivity index (χ1) is 8.60. The first-order valence-corrected chi connectivity index (χ1v) is 6.92. The average Bonchev–Trinajstić information content (AvgIpc) is 2.65. The number of nitrogens with zero attached hydrogens (tertiary/aromatic N) is 1. The topological polar surface area (TPSA) is 50.9 Å². The van der Waals surface area contributed by atoms with Gasteiger partial charge in [-0.2, -0.15) is 0 Å². The third kappa shape index (κ3) is 2.89. The predicted molar refractivity (Wildman–Crippen MR) is 78.8 cm³/mol. The molecule has 96 valence electrons. The first kappa shape index (κ1) is 13.1. The average molecular weight is 261 g/mol. The summed E-state index contributed by atoms with van der Waals surface area (Å²) < 4.78 is 0. The minimum Gasteiger partial charge on any atom is -0.332 e. The summed E-state index contributed by atoms with van der Waals surface area (Å²) in [4.78, 5) is 5.80. The van der Waals surface area contributed by atoms with Crippen LogP contribution in [0.2, 0.25) is 0 Å². The molecule has 2 rings (SSSR count). The lowest BCUT2D eigenvalue weighted by molar-refractivity contribution is 0.970. The number of hydrogen-bond acceptors (Lipinski definition) is 4. The van der Waals surface area contributed by atoms with Crippen LogP contribution in [0.3, 0.4) is 0 Å². The Morgan fingerprint density at radius 1 is 1.22 bits per heavy atom. The molecule has 4 heteroatoms. The summed E-state index contributed by atoms with van der Waals surface area (Å²) in [6.45, 7) is 6.94. The van der Waals surface area contributed by atoms with E-state index in [2.05, 4.69) is 42.3 Å². The highest BCUT2D eigenvalue weighted by molar-refractivity contribution is 7.15. The van der Waals surface area contributed by atoms with Crippen molar-refractivity contribution >= 4 is 22.2 Å². The van der Waals surface area contributed by atoms with Crippen molar-refractivity contribution in [2.24, 2.45) is 5.73 Å². The molecule has 1 aromatic carbocycles. The summed E-state index contributed by atoms with van der Waals surface area (Å²) in [5.74, 6) is 0. The standard InChI is InChI=1S/C14H19N3S/c1-9-4-5-12(8-10(9)2)17-14-16-11(3)13(18-14)6-7-15/h4-5,8H,6-7,15H2,1-3H3,(H,16,17). The van der Waals surface area contributed by atoms with E-state index in [-0.39, 0.29) is 0 Å². The van der Waals surface area contributed by atoms with Gasteiger partial charge >= 0.3 is 0 Å². The zero-order valence-corrected chi connectivity index (χ0v) is 11.9. The zero-order chi connectivity index (χ0) is 13.1. The second-order valence-corrected chi connectivity index (χ2v) is 5.57. The van der Waals surface area contributed by atoms with Gasteiger partial charge in [-0.3, -0.25) is 0 Å². The molecule has 0 amide bonds. The van der Waals surface area contributed by atoms with Gasteiger partial charge in [-0.1, -0.05) is 6.07 Å². The smallest absolute Gasteiger partial charge is 0.187 e. The van der Waals surface area contributed by atoms with E-state index in [0.717, 1.165) is 22.9 Å². The second kappa shape index (κ2) is 5.50. The minimum absolute atomic E-state index is 0.673. The van der Waals surface area contributed by atoms with Crippen LogP contribution in [-0.4, -0.2) is 11.5 Å². The van der Waals surface area contributed by atoms with Crippen molar-refractivity contribution in [3.8, 4) is 0 Å². The Hall–Kier alpha value is -1.39. The van der Waals surface area contributed by atoms with Crippen molar-refractivity contribution < 1.29 is 0 Å². The number of aryl methyl sites for hydroxylation is 3. The molecule has 0 aliphatic carbocycles. The van der Waals surface area contributed by atoms with Crippen molar-refractivity contribution in [3.05, 3.63) is 39.9 Å². The van der Waals surface area contributed by atoms with Crippen molar-refractivity contribution in [2.45, 2.75) is 27.2 Å². The van der Waals surface area contributed by atoms with Crippen molar-refractivity contribution in [2.75, 3.05) is 11.9 Å². The highest BCUT2D eigenvalue weighted by Gasteiger charge is 2.07. The fraction of sp³-hybridized carbons (Fsp3) is 0.357. The van der Waals surface area contributed by atoms with E-state index >= 15 is 0 Å². The number of hydrogen-bond donors (Lipinski definition) is 2. The van der Waals surface area contributed by atoms with Crippen LogP contribution in [0.25, 0.3) is 0 Å². The molecule has 18 heavy (non-hydrogen) atoms. The third-order valence-electron chi connectivity index (χ3n) is 3.02. The van der Waals surface area contributed by atoms with E-state index in [1.165, 1.54) is 16.0 Å². The summed E-state index contributed by atoms with van der Waals surface area (Å²) in [6.07, 6.45) is 0.901. The molecule has 0 atom stereocenters. The summed E-state index contributed by atoms with van der Waals surface area (Å²) in [5, 5.41) is 4.30. The van der Waals surface area contributed by atoms with Gasteiger partial charge in [0.15, 0.2) is 5.13 Å². The van der Waals surface area contributed by atoms with Crippen LogP contribution in [0.1, 0.15) is 21.7 Å². The van der Waals surface area contributed by atoms with E-state index in [1.807, 2.05) is 6.92 Å². The van der Waals surface area contributed by atoms with E-state index in [1.54, 1.807) is 11.3 Å². The zero-order valence-electron chi connectivity index (χ0n) is 11.1. The van der Waals surface area contributed by atoms with Gasteiger partial charge in [-0.05, 0) is 57.0 Å². The summed E-state index contributed by atoms with van der Waals surface area (Å²) in [6, 6.07) is 6.36. The molecule has 0 fully saturated rings. The molecular weight excluding hydrogens is 242 g/mol. The SMILES string of the molecule is Cc1ccc(Nc2nc(C)c(CCN)s2)cc1C. The molecule has 1 aromatic heterocycles. The maximum absolute atomic E-state index is 5.59. The van der Waals surface area contributed by atoms with Gasteiger partial charge in [0.05, 0.1) is 5.69 Å². The summed E-state index contributed by atoms with van der Waals surface area (Å²) in [7, 11) is 0. The van der Waals surface area contributed by atoms with Gasteiger partial charge in [0.1, 0.15) is 0 Å². The Balaban J connectivity index is 2.18. The van der Waals surface area contributed by atoms with Gasteiger partial charge < -0.3 is 11.1 Å². The molecule has 2 aromatic rings. The Morgan fingerprint density at radius 3 is 2.67 bits per heavy atom. The lowest BCUT2D eigenvalue weighted by atomic mass is 10.1. The second-order valence-electron chi connectivity index (χ2n) is 4.49. The number of aromatic nitrogens is 1. The lowest BCUT2D eigenvalue weighted by Crippen LogP contribution is -2.01. The fourth-order valence-electron chi connectivity index (χ4n) is 1.79. The highest BCUT2D eigenvalue weighted by Crippen LogP contribution is 2.26. The van der Waals surface area contributed by atoms with E-state index in [9.17, 15) is 0 Å². The van der Waals surface area contributed by atoms with Crippen LogP contribution in [0.4, 0.5) is 10.8 Å². The van der Waals surface area contributed by atoms with Gasteiger partial charge in [0, 0.05) is 10.6 Å². The normalized spacial score (nSPS) is 10.7. The number of nitrogens with one attached hydrogen (secondary N) is 1. The molecule has 3 nitrogen and oxygen atoms in total. The van der Waals surface area contributed by atoms with Crippen molar-refractivity contribution in [1.82, 2.24) is 4.98 Å². The van der Waals surface area contributed by atoms with E-state index in [4.69, 9.17) is 5.73 Å². The number of nitrogens with two attached hydrogens (primary N) is 1. The summed E-state index contributed by atoms with van der Waals surface area (Å²) >= 11 is 1.69. The molecular formula is C14H19N3S. The molecule has 0 aliphatic heterocycles. The molecule has 1 heterocycles. The van der Waals surface area contributed by atoms with Gasteiger partial charge in [-0.15, -0.1) is 11.3 Å². The van der Waals surface area contributed by atoms with E-state index < -0.39 is 0 Å². The largest absolute Gasteiger partial charge is 0.332 e. The van der Waals surface area contributed by atoms with E-state index in [0.29, 0.717) is 6.54 Å². The van der Waals surface area contributed by atoms with Crippen molar-refractivity contribution in [1.29, 1.82) is 0 Å². The molecule has 3 N–H and O–H groups in total. The quantitative estimate of drug-likeness (QED) is 0.887. The Morgan fingerprint density at radius 2 is 2.00 bits per heavy atom. The van der Waals surface area contributed by atoms with Crippen LogP contribution >= 0.6 is 11.3 Å². The molecule has 0 bridgehead atoms. The van der Waals surface area contributed by atoms with Crippen LogP contribution < -0.4 is 11.1 Å². The molecule has 0 radical (unpaired) electrons. The van der Waals surface area contributed by atoms with Gasteiger partial charge in [0.25, 0.3) is 0 Å². The molecule has 0 saturated carbocycles. The van der Waals surface area contributed by atoms with Crippen LogP contribution in [0, 0.1) is 20.8 Å². The first-order valence-electron chi connectivity index (χ1n) is 6.11. The monoisotopic (exact) mass is 261 g/mol. The Labute approximate surface area is 112 Å². The Bertz CT molecular complexity index is 546. The van der Waals surface area contributed by atoms with Crippen LogP contribution in [0.5, 0.6) is 0 Å². The summed E-state index contributed by atoms with van der Waals surface area (Å²) in [5.41, 5.74) is 10.3. The van der Waals surface area contributed by atoms with Crippen molar-refractivity contribution in [3.63, 3.8) is 0 Å². The minimum atomic E-state index is 0.673. The number of rotatable bonds is 4. The molecule has 0 saturated heterocycles. The third-order valence-corrected chi connectivity index (χ3v) is 4.15. The fourth-order valence-corrected chi connectivity index (χ4v) is 2.79. The maximum Gasteiger partial charge on any atom is 0.187 e. The van der Waals surface area contributed by atoms with Crippen LogP contribution in [0.15, 0.2) is 18.2 Å². The number of benzene rings is 1. The lowest BCUT2D eigenvalue weighted by Gasteiger charge is -2.05. The van der Waals surface area contributed by atoms with Gasteiger partial charge in [0.2, 0.25) is 0 Å². The highest BCUT2D eigenvalue weighted by atomic mass is 32.1. The molecule has 0 spiro atoms. The number of thiazole rings is 1.